The number of nitrogens with zero attached hydrogens (tertiary/aromatic N) is 3. The standard InChI is InChI=1S/C18H15N5O3S/c1-25-13-6-3-9(7-12(13)24)22-17-14-10(20-8-21-17)4-5-11-15(14)27-18(23-11)16(19)26-2/h3-8,19,24H,1-2H3,(H,20,21,22). The first-order valence-electron chi connectivity index (χ1n) is 7.92. The number of nitrogens with one attached hydrogen (secondary N) is 2. The Morgan fingerprint density at radius 3 is 2.70 bits per heavy atom. The first-order valence-corrected chi connectivity index (χ1v) is 8.73. The Hall–Kier alpha value is -3.46. The SMILES string of the molecule is COC(=N)c1nc2ccc3ncnc(Nc4ccc(OC)c(O)c4)c3c2s1. The number of methoxy groups -OCH3 is 2. The van der Waals surface area contributed by atoms with Crippen molar-refractivity contribution < 1.29 is 14.6 Å². The molecule has 0 atom stereocenters. The Kier molecular flexibility index (Phi) is 4.21. The minimum absolute atomic E-state index is 0.00999. The molecule has 0 saturated heterocycles. The molecule has 0 amide bonds. The van der Waals surface area contributed by atoms with Crippen LogP contribution in [0.5, 0.6) is 11.5 Å². The van der Waals surface area contributed by atoms with Crippen LogP contribution in [0.2, 0.25) is 0 Å². The number of hydrogen-bond acceptors (Lipinski definition) is 9. The molecule has 0 fully saturated rings. The zero-order valence-electron chi connectivity index (χ0n) is 14.5. The maximum Gasteiger partial charge on any atom is 0.242 e. The van der Waals surface area contributed by atoms with Crippen LogP contribution in [0.25, 0.3) is 21.1 Å². The van der Waals surface area contributed by atoms with Gasteiger partial charge in [0.1, 0.15) is 12.1 Å². The molecule has 2 heterocycles. The highest BCUT2D eigenvalue weighted by molar-refractivity contribution is 7.21. The van der Waals surface area contributed by atoms with E-state index in [9.17, 15) is 5.11 Å². The second-order valence-corrected chi connectivity index (χ2v) is 6.59. The van der Waals surface area contributed by atoms with Crippen molar-refractivity contribution in [1.29, 1.82) is 5.41 Å². The van der Waals surface area contributed by atoms with Gasteiger partial charge in [-0.15, -0.1) is 11.3 Å². The maximum absolute atomic E-state index is 10.0. The highest BCUT2D eigenvalue weighted by atomic mass is 32.1. The Bertz CT molecular complexity index is 1170. The third-order valence-corrected chi connectivity index (χ3v) is 5.08. The van der Waals surface area contributed by atoms with Crippen LogP contribution in [-0.2, 0) is 4.74 Å². The zero-order valence-corrected chi connectivity index (χ0v) is 15.3. The molecule has 0 bridgehead atoms. The predicted octanol–water partition coefficient (Wildman–Crippen LogP) is 3.67. The van der Waals surface area contributed by atoms with E-state index >= 15 is 0 Å². The van der Waals surface area contributed by atoms with Gasteiger partial charge in [-0.25, -0.2) is 15.0 Å². The van der Waals surface area contributed by atoms with Gasteiger partial charge in [0.05, 0.1) is 35.3 Å². The van der Waals surface area contributed by atoms with Crippen molar-refractivity contribution >= 4 is 49.9 Å². The van der Waals surface area contributed by atoms with Gasteiger partial charge < -0.3 is 19.9 Å². The van der Waals surface area contributed by atoms with Gasteiger partial charge in [0.25, 0.3) is 0 Å². The lowest BCUT2D eigenvalue weighted by atomic mass is 10.2. The van der Waals surface area contributed by atoms with Crippen molar-refractivity contribution in [1.82, 2.24) is 15.0 Å². The number of rotatable bonds is 4. The molecular formula is C18H15N5O3S. The summed E-state index contributed by atoms with van der Waals surface area (Å²) in [5.74, 6) is 1.00. The number of benzene rings is 2. The fraction of sp³-hybridized carbons (Fsp3) is 0.111. The topological polar surface area (TPSA) is 113 Å². The summed E-state index contributed by atoms with van der Waals surface area (Å²) in [5, 5.41) is 22.3. The van der Waals surface area contributed by atoms with Crippen LogP contribution in [0.1, 0.15) is 5.01 Å². The summed E-state index contributed by atoms with van der Waals surface area (Å²) in [6.07, 6.45) is 1.47. The van der Waals surface area contributed by atoms with E-state index in [1.54, 1.807) is 18.2 Å². The van der Waals surface area contributed by atoms with E-state index in [2.05, 4.69) is 20.3 Å². The number of hydrogen-bond donors (Lipinski definition) is 3. The number of phenolic OH excluding ortho intramolecular Hbond substituents is 1. The number of anilines is 2. The van der Waals surface area contributed by atoms with Gasteiger partial charge in [-0.1, -0.05) is 0 Å². The summed E-state index contributed by atoms with van der Waals surface area (Å²) >= 11 is 1.34. The Morgan fingerprint density at radius 2 is 1.96 bits per heavy atom. The van der Waals surface area contributed by atoms with Crippen LogP contribution in [-0.4, -0.2) is 40.2 Å². The quantitative estimate of drug-likeness (QED) is 0.365. The van der Waals surface area contributed by atoms with Crippen molar-refractivity contribution in [2.75, 3.05) is 19.5 Å². The van der Waals surface area contributed by atoms with Gasteiger partial charge in [0.2, 0.25) is 5.90 Å². The van der Waals surface area contributed by atoms with Gasteiger partial charge in [0.15, 0.2) is 16.5 Å². The normalized spacial score (nSPS) is 10.9. The summed E-state index contributed by atoms with van der Waals surface area (Å²) in [5.41, 5.74) is 2.14. The first-order chi connectivity index (χ1) is 13.1. The summed E-state index contributed by atoms with van der Waals surface area (Å²) < 4.78 is 10.9. The molecule has 0 spiro atoms. The molecule has 0 aliphatic rings. The molecule has 27 heavy (non-hydrogen) atoms. The Balaban J connectivity index is 1.86. The molecule has 0 saturated carbocycles. The molecule has 3 N–H and O–H groups in total. The summed E-state index contributed by atoms with van der Waals surface area (Å²) in [6.45, 7) is 0. The van der Waals surface area contributed by atoms with E-state index in [0.717, 1.165) is 21.1 Å². The Labute approximate surface area is 158 Å². The van der Waals surface area contributed by atoms with Gasteiger partial charge in [-0.2, -0.15) is 0 Å². The van der Waals surface area contributed by atoms with E-state index < -0.39 is 0 Å². The molecule has 4 rings (SSSR count). The van der Waals surface area contributed by atoms with Crippen LogP contribution in [0, 0.1) is 5.41 Å². The number of phenols is 1. The van der Waals surface area contributed by atoms with Gasteiger partial charge in [0, 0.05) is 11.8 Å². The minimum Gasteiger partial charge on any atom is -0.504 e. The number of aromatic hydroxyl groups is 1. The van der Waals surface area contributed by atoms with Crippen LogP contribution in [0.4, 0.5) is 11.5 Å². The molecule has 0 unspecified atom stereocenters. The number of thiazole rings is 1. The number of aromatic nitrogens is 3. The first kappa shape index (κ1) is 17.0. The average molecular weight is 381 g/mol. The molecule has 136 valence electrons. The highest BCUT2D eigenvalue weighted by Gasteiger charge is 2.15. The second-order valence-electron chi connectivity index (χ2n) is 5.59. The lowest BCUT2D eigenvalue weighted by molar-refractivity contribution is 0.373. The molecule has 9 heteroatoms. The van der Waals surface area contributed by atoms with Crippen molar-refractivity contribution in [2.24, 2.45) is 0 Å². The van der Waals surface area contributed by atoms with Crippen LogP contribution in [0.3, 0.4) is 0 Å². The van der Waals surface area contributed by atoms with Crippen LogP contribution in [0.15, 0.2) is 36.7 Å². The number of ether oxygens (including phenoxy) is 2. The average Bonchev–Trinajstić information content (AvgIpc) is 3.12. The van der Waals surface area contributed by atoms with Crippen molar-refractivity contribution in [3.63, 3.8) is 0 Å². The molecule has 0 radical (unpaired) electrons. The molecule has 0 aliphatic heterocycles. The molecule has 4 aromatic rings. The molecular weight excluding hydrogens is 366 g/mol. The molecule has 0 aliphatic carbocycles. The fourth-order valence-electron chi connectivity index (χ4n) is 2.71. The summed E-state index contributed by atoms with van der Waals surface area (Å²) in [4.78, 5) is 13.1. The van der Waals surface area contributed by atoms with Crippen LogP contribution < -0.4 is 10.1 Å². The lowest BCUT2D eigenvalue weighted by Crippen LogP contribution is -1.99. The highest BCUT2D eigenvalue weighted by Crippen LogP contribution is 2.36. The molecule has 2 aromatic heterocycles. The summed E-state index contributed by atoms with van der Waals surface area (Å²) in [6, 6.07) is 8.73. The lowest BCUT2D eigenvalue weighted by Gasteiger charge is -2.10. The van der Waals surface area contributed by atoms with Gasteiger partial charge in [-0.3, -0.25) is 5.41 Å². The smallest absolute Gasteiger partial charge is 0.242 e. The van der Waals surface area contributed by atoms with Gasteiger partial charge >= 0.3 is 0 Å². The number of fused-ring (bicyclic) bond motifs is 3. The second kappa shape index (κ2) is 6.69. The van der Waals surface area contributed by atoms with E-state index in [0.29, 0.717) is 22.3 Å². The molecule has 2 aromatic carbocycles. The fourth-order valence-corrected chi connectivity index (χ4v) is 3.75. The summed E-state index contributed by atoms with van der Waals surface area (Å²) in [7, 11) is 2.94. The van der Waals surface area contributed by atoms with Crippen molar-refractivity contribution in [3.05, 3.63) is 41.7 Å². The zero-order chi connectivity index (χ0) is 19.0. The van der Waals surface area contributed by atoms with Gasteiger partial charge in [-0.05, 0) is 24.3 Å². The third kappa shape index (κ3) is 2.97. The van der Waals surface area contributed by atoms with Crippen molar-refractivity contribution in [3.8, 4) is 11.5 Å². The Morgan fingerprint density at radius 1 is 1.15 bits per heavy atom. The maximum atomic E-state index is 10.0. The minimum atomic E-state index is 0.00999. The van der Waals surface area contributed by atoms with E-state index in [1.165, 1.54) is 31.9 Å². The largest absolute Gasteiger partial charge is 0.504 e. The van der Waals surface area contributed by atoms with E-state index in [-0.39, 0.29) is 11.6 Å². The monoisotopic (exact) mass is 381 g/mol. The van der Waals surface area contributed by atoms with E-state index in [1.807, 2.05) is 12.1 Å². The van der Waals surface area contributed by atoms with Crippen molar-refractivity contribution in [2.45, 2.75) is 0 Å². The third-order valence-electron chi connectivity index (χ3n) is 4.00. The van der Waals surface area contributed by atoms with Crippen LogP contribution >= 0.6 is 11.3 Å². The molecule has 8 nitrogen and oxygen atoms in total. The predicted molar refractivity (Wildman–Crippen MR) is 104 cm³/mol. The van der Waals surface area contributed by atoms with E-state index in [4.69, 9.17) is 14.9 Å².